The molecule has 2 aliphatic carbocycles. The molecule has 1 aromatic carbocycles. The number of benzene rings is 1. The molecule has 0 atom stereocenters. The molecule has 1 nitrogen and oxygen atoms in total. The smallest absolute Gasteiger partial charge is 0.163 e. The van der Waals surface area contributed by atoms with Crippen LogP contribution in [0.1, 0.15) is 60.2 Å². The summed E-state index contributed by atoms with van der Waals surface area (Å²) in [6, 6.07) is 4.51. The first-order valence-electron chi connectivity index (χ1n) is 6.73. The Balaban J connectivity index is 2.07. The molecule has 0 radical (unpaired) electrons. The second-order valence-electron chi connectivity index (χ2n) is 6.40. The van der Waals surface area contributed by atoms with E-state index in [0.717, 1.165) is 18.4 Å². The number of aryl methyl sites for hydroxylation is 3. The predicted molar refractivity (Wildman–Crippen MR) is 69.5 cm³/mol. The van der Waals surface area contributed by atoms with E-state index in [0.29, 0.717) is 12.2 Å². The molecular formula is C16H20O. The van der Waals surface area contributed by atoms with Crippen molar-refractivity contribution in [3.63, 3.8) is 0 Å². The average Bonchev–Trinajstić information content (AvgIpc) is 2.67. The number of hydrogen-bond acceptors (Lipinski definition) is 1. The maximum Gasteiger partial charge on any atom is 0.163 e. The molecule has 0 unspecified atom stereocenters. The highest BCUT2D eigenvalue weighted by Crippen LogP contribution is 2.36. The molecule has 0 aliphatic heterocycles. The van der Waals surface area contributed by atoms with Gasteiger partial charge in [-0.1, -0.05) is 19.9 Å². The van der Waals surface area contributed by atoms with Gasteiger partial charge in [0.15, 0.2) is 5.78 Å². The zero-order valence-corrected chi connectivity index (χ0v) is 10.8. The maximum atomic E-state index is 12.3. The van der Waals surface area contributed by atoms with E-state index in [-0.39, 0.29) is 5.41 Å². The van der Waals surface area contributed by atoms with Crippen LogP contribution < -0.4 is 0 Å². The number of hydrogen-bond donors (Lipinski definition) is 0. The van der Waals surface area contributed by atoms with Gasteiger partial charge in [-0.25, -0.2) is 0 Å². The highest BCUT2D eigenvalue weighted by Gasteiger charge is 2.29. The molecule has 0 saturated carbocycles. The molecule has 2 aliphatic rings. The molecule has 0 amide bonds. The van der Waals surface area contributed by atoms with Crippen LogP contribution in [0.3, 0.4) is 0 Å². The largest absolute Gasteiger partial charge is 0.294 e. The molecule has 0 spiro atoms. The van der Waals surface area contributed by atoms with E-state index < -0.39 is 0 Å². The first-order valence-corrected chi connectivity index (χ1v) is 6.73. The number of fused-ring (bicyclic) bond motifs is 2. The van der Waals surface area contributed by atoms with Crippen molar-refractivity contribution < 1.29 is 4.79 Å². The minimum Gasteiger partial charge on any atom is -0.294 e. The first-order chi connectivity index (χ1) is 8.05. The van der Waals surface area contributed by atoms with Crippen LogP contribution in [0, 0.1) is 5.41 Å². The average molecular weight is 228 g/mol. The van der Waals surface area contributed by atoms with E-state index in [1.807, 2.05) is 0 Å². The Morgan fingerprint density at radius 2 is 1.71 bits per heavy atom. The molecule has 0 aromatic heterocycles. The molecule has 0 saturated heterocycles. The van der Waals surface area contributed by atoms with E-state index in [1.165, 1.54) is 36.0 Å². The second kappa shape index (κ2) is 3.69. The number of rotatable bonds is 0. The molecule has 0 N–H and O–H groups in total. The highest BCUT2D eigenvalue weighted by molar-refractivity contribution is 5.98. The SMILES string of the molecule is CC1(C)CCc2cc3c(cc2C(=O)C1)CCC3. The summed E-state index contributed by atoms with van der Waals surface area (Å²) >= 11 is 0. The van der Waals surface area contributed by atoms with Crippen molar-refractivity contribution in [1.29, 1.82) is 0 Å². The lowest BCUT2D eigenvalue weighted by molar-refractivity contribution is 0.0934. The van der Waals surface area contributed by atoms with E-state index in [1.54, 1.807) is 0 Å². The number of ketones is 1. The van der Waals surface area contributed by atoms with Gasteiger partial charge in [0.1, 0.15) is 0 Å². The van der Waals surface area contributed by atoms with Gasteiger partial charge >= 0.3 is 0 Å². The summed E-state index contributed by atoms with van der Waals surface area (Å²) in [5.74, 6) is 0.359. The van der Waals surface area contributed by atoms with Gasteiger partial charge in [0, 0.05) is 12.0 Å². The van der Waals surface area contributed by atoms with Gasteiger partial charge in [-0.05, 0) is 60.3 Å². The van der Waals surface area contributed by atoms with Crippen molar-refractivity contribution >= 4 is 5.78 Å². The third-order valence-corrected chi connectivity index (χ3v) is 4.33. The van der Waals surface area contributed by atoms with Gasteiger partial charge in [0.2, 0.25) is 0 Å². The van der Waals surface area contributed by atoms with Crippen molar-refractivity contribution in [3.05, 3.63) is 34.4 Å². The summed E-state index contributed by atoms with van der Waals surface area (Å²) in [4.78, 5) is 12.3. The molecule has 90 valence electrons. The fraction of sp³-hybridized carbons (Fsp3) is 0.562. The normalized spacial score (nSPS) is 21.9. The zero-order chi connectivity index (χ0) is 12.0. The van der Waals surface area contributed by atoms with Gasteiger partial charge in [0.25, 0.3) is 0 Å². The molecule has 1 heteroatoms. The Morgan fingerprint density at radius 3 is 2.47 bits per heavy atom. The summed E-state index contributed by atoms with van der Waals surface area (Å²) in [5, 5.41) is 0. The number of Topliss-reactive ketones (excluding diaryl/α,β-unsaturated/α-hetero) is 1. The van der Waals surface area contributed by atoms with Crippen LogP contribution in [0.25, 0.3) is 0 Å². The third-order valence-electron chi connectivity index (χ3n) is 4.33. The van der Waals surface area contributed by atoms with Crippen LogP contribution in [0.2, 0.25) is 0 Å². The summed E-state index contributed by atoms with van der Waals surface area (Å²) in [7, 11) is 0. The Labute approximate surface area is 103 Å². The molecule has 1 aromatic rings. The quantitative estimate of drug-likeness (QED) is 0.618. The van der Waals surface area contributed by atoms with Crippen LogP contribution in [0.4, 0.5) is 0 Å². The second-order valence-corrected chi connectivity index (χ2v) is 6.40. The monoisotopic (exact) mass is 228 g/mol. The summed E-state index contributed by atoms with van der Waals surface area (Å²) in [5.41, 5.74) is 5.42. The zero-order valence-electron chi connectivity index (χ0n) is 10.8. The van der Waals surface area contributed by atoms with Crippen LogP contribution in [-0.4, -0.2) is 5.78 Å². The van der Waals surface area contributed by atoms with Gasteiger partial charge in [0.05, 0.1) is 0 Å². The number of carbonyl (C=O) groups is 1. The summed E-state index contributed by atoms with van der Waals surface area (Å²) < 4.78 is 0. The van der Waals surface area contributed by atoms with Gasteiger partial charge in [-0.2, -0.15) is 0 Å². The highest BCUT2D eigenvalue weighted by atomic mass is 16.1. The lowest BCUT2D eigenvalue weighted by Crippen LogP contribution is -2.14. The summed E-state index contributed by atoms with van der Waals surface area (Å²) in [6.45, 7) is 4.43. The third kappa shape index (κ3) is 1.92. The van der Waals surface area contributed by atoms with Crippen molar-refractivity contribution in [3.8, 4) is 0 Å². The minimum atomic E-state index is 0.167. The lowest BCUT2D eigenvalue weighted by atomic mass is 9.84. The van der Waals surface area contributed by atoms with Crippen LogP contribution in [-0.2, 0) is 19.3 Å². The lowest BCUT2D eigenvalue weighted by Gasteiger charge is -2.20. The van der Waals surface area contributed by atoms with Gasteiger partial charge in [-0.3, -0.25) is 4.79 Å². The van der Waals surface area contributed by atoms with Crippen LogP contribution >= 0.6 is 0 Å². The van der Waals surface area contributed by atoms with E-state index in [9.17, 15) is 4.79 Å². The Hall–Kier alpha value is -1.11. The predicted octanol–water partition coefficient (Wildman–Crippen LogP) is 3.72. The fourth-order valence-electron chi connectivity index (χ4n) is 3.23. The van der Waals surface area contributed by atoms with E-state index in [4.69, 9.17) is 0 Å². The number of carbonyl (C=O) groups excluding carboxylic acids is 1. The molecule has 0 fully saturated rings. The Bertz CT molecular complexity index is 483. The minimum absolute atomic E-state index is 0.167. The Morgan fingerprint density at radius 1 is 1.00 bits per heavy atom. The van der Waals surface area contributed by atoms with Crippen LogP contribution in [0.5, 0.6) is 0 Å². The van der Waals surface area contributed by atoms with Crippen LogP contribution in [0.15, 0.2) is 12.1 Å². The fourth-order valence-corrected chi connectivity index (χ4v) is 3.23. The first kappa shape index (κ1) is 11.0. The maximum absolute atomic E-state index is 12.3. The van der Waals surface area contributed by atoms with Gasteiger partial charge in [-0.15, -0.1) is 0 Å². The molecule has 0 bridgehead atoms. The molecule has 0 heterocycles. The van der Waals surface area contributed by atoms with Crippen molar-refractivity contribution in [2.24, 2.45) is 5.41 Å². The Kier molecular flexibility index (Phi) is 2.39. The van der Waals surface area contributed by atoms with Gasteiger partial charge < -0.3 is 0 Å². The molecule has 17 heavy (non-hydrogen) atoms. The van der Waals surface area contributed by atoms with Crippen molar-refractivity contribution in [2.75, 3.05) is 0 Å². The summed E-state index contributed by atoms with van der Waals surface area (Å²) in [6.07, 6.45) is 6.54. The van der Waals surface area contributed by atoms with Crippen molar-refractivity contribution in [1.82, 2.24) is 0 Å². The topological polar surface area (TPSA) is 17.1 Å². The molecular weight excluding hydrogens is 208 g/mol. The van der Waals surface area contributed by atoms with E-state index in [2.05, 4.69) is 26.0 Å². The standard InChI is InChI=1S/C16H20O/c1-16(2)7-6-13-8-11-4-3-5-12(11)9-14(13)15(17)10-16/h8-9H,3-7,10H2,1-2H3. The van der Waals surface area contributed by atoms with E-state index >= 15 is 0 Å². The molecule has 3 rings (SSSR count). The van der Waals surface area contributed by atoms with Crippen molar-refractivity contribution in [2.45, 2.75) is 52.4 Å².